The number of cyclic esters (lactones) is 1. The number of ether oxygens (including phenoxy) is 1. The highest BCUT2D eigenvalue weighted by atomic mass is 127. The van der Waals surface area contributed by atoms with E-state index in [2.05, 4.69) is 27.3 Å². The summed E-state index contributed by atoms with van der Waals surface area (Å²) in [6.45, 7) is 0.369. The first-order chi connectivity index (χ1) is 4.75. The van der Waals surface area contributed by atoms with E-state index < -0.39 is 6.09 Å². The van der Waals surface area contributed by atoms with Crippen LogP contribution < -0.4 is 0 Å². The molecular formula is C5H6INO3. The van der Waals surface area contributed by atoms with Crippen LogP contribution >= 0.6 is 22.6 Å². The van der Waals surface area contributed by atoms with E-state index >= 15 is 0 Å². The molecule has 0 unspecified atom stereocenters. The molecule has 1 aliphatic rings. The highest BCUT2D eigenvalue weighted by Crippen LogP contribution is 2.04. The Balaban J connectivity index is 2.54. The molecule has 0 aromatic heterocycles. The van der Waals surface area contributed by atoms with Crippen molar-refractivity contribution in [2.45, 2.75) is 0 Å². The topological polar surface area (TPSA) is 46.6 Å². The predicted octanol–water partition coefficient (Wildman–Crippen LogP) is 0.400. The Hall–Kier alpha value is -0.330. The molecule has 1 fully saturated rings. The summed E-state index contributed by atoms with van der Waals surface area (Å²) in [5, 5.41) is 0. The maximum absolute atomic E-state index is 10.8. The van der Waals surface area contributed by atoms with Gasteiger partial charge in [-0.3, -0.25) is 4.79 Å². The third-order valence-corrected chi connectivity index (χ3v) is 1.63. The van der Waals surface area contributed by atoms with Crippen molar-refractivity contribution in [2.24, 2.45) is 0 Å². The van der Waals surface area contributed by atoms with Crippen molar-refractivity contribution >= 4 is 34.6 Å². The van der Waals surface area contributed by atoms with Crippen molar-refractivity contribution < 1.29 is 14.3 Å². The number of carbonyl (C=O) groups excluding carboxylic acids is 2. The number of nitrogens with zero attached hydrogens (tertiary/aromatic N) is 1. The van der Waals surface area contributed by atoms with Gasteiger partial charge < -0.3 is 4.74 Å². The number of halogens is 1. The molecule has 0 radical (unpaired) electrons. The van der Waals surface area contributed by atoms with Crippen molar-refractivity contribution in [3.63, 3.8) is 0 Å². The average molecular weight is 255 g/mol. The Bertz CT molecular complexity index is 154. The van der Waals surface area contributed by atoms with Crippen LogP contribution in [0.1, 0.15) is 0 Å². The molecule has 0 N–H and O–H groups in total. The Morgan fingerprint density at radius 2 is 2.30 bits per heavy atom. The zero-order valence-corrected chi connectivity index (χ0v) is 7.33. The largest absolute Gasteiger partial charge is 0.439 e. The lowest BCUT2D eigenvalue weighted by atomic mass is 10.5. The minimum atomic E-state index is -0.512. The minimum absolute atomic E-state index is 0.0878. The SMILES string of the molecule is O=C1COC(=O)N1CCI. The Kier molecular flexibility index (Phi) is 2.47. The number of imide groups is 1. The minimum Gasteiger partial charge on any atom is -0.439 e. The smallest absolute Gasteiger partial charge is 0.417 e. The van der Waals surface area contributed by atoms with Crippen molar-refractivity contribution in [1.82, 2.24) is 4.90 Å². The second-order valence-corrected chi connectivity index (χ2v) is 2.87. The molecule has 0 aliphatic carbocycles. The van der Waals surface area contributed by atoms with Crippen LogP contribution in [-0.2, 0) is 9.53 Å². The van der Waals surface area contributed by atoms with Crippen LogP contribution in [0.2, 0.25) is 0 Å². The van der Waals surface area contributed by atoms with Crippen LogP contribution in [0.3, 0.4) is 0 Å². The van der Waals surface area contributed by atoms with Crippen molar-refractivity contribution in [1.29, 1.82) is 0 Å². The summed E-state index contributed by atoms with van der Waals surface area (Å²) in [5.41, 5.74) is 0. The van der Waals surface area contributed by atoms with Crippen LogP contribution in [0, 0.1) is 0 Å². The van der Waals surface area contributed by atoms with Crippen molar-refractivity contribution in [3.8, 4) is 0 Å². The molecule has 0 spiro atoms. The van der Waals surface area contributed by atoms with Gasteiger partial charge in [0.15, 0.2) is 6.61 Å². The first kappa shape index (κ1) is 7.77. The fourth-order valence-corrected chi connectivity index (χ4v) is 1.16. The van der Waals surface area contributed by atoms with E-state index in [0.29, 0.717) is 6.54 Å². The van der Waals surface area contributed by atoms with E-state index in [4.69, 9.17) is 0 Å². The first-order valence-corrected chi connectivity index (χ1v) is 4.31. The monoisotopic (exact) mass is 255 g/mol. The molecule has 4 nitrogen and oxygen atoms in total. The van der Waals surface area contributed by atoms with Gasteiger partial charge in [-0.15, -0.1) is 0 Å². The molecule has 0 bridgehead atoms. The molecule has 5 heteroatoms. The van der Waals surface area contributed by atoms with E-state index in [0.717, 1.165) is 9.33 Å². The van der Waals surface area contributed by atoms with Crippen LogP contribution in [-0.4, -0.2) is 34.5 Å². The molecule has 0 atom stereocenters. The molecule has 0 saturated carbocycles. The standard InChI is InChI=1S/C5H6INO3/c6-1-2-7-4(8)3-10-5(7)9/h1-3H2. The lowest BCUT2D eigenvalue weighted by molar-refractivity contribution is -0.125. The second kappa shape index (κ2) is 3.18. The van der Waals surface area contributed by atoms with Gasteiger partial charge in [0.05, 0.1) is 0 Å². The quantitative estimate of drug-likeness (QED) is 0.530. The van der Waals surface area contributed by atoms with Crippen LogP contribution in [0.15, 0.2) is 0 Å². The summed E-state index contributed by atoms with van der Waals surface area (Å²) in [5.74, 6) is -0.235. The van der Waals surface area contributed by atoms with Gasteiger partial charge in [0.1, 0.15) is 0 Å². The number of hydrogen-bond donors (Lipinski definition) is 0. The molecular weight excluding hydrogens is 249 g/mol. The van der Waals surface area contributed by atoms with Crippen molar-refractivity contribution in [2.75, 3.05) is 17.6 Å². The van der Waals surface area contributed by atoms with Crippen LogP contribution in [0.5, 0.6) is 0 Å². The fourth-order valence-electron chi connectivity index (χ4n) is 0.682. The zero-order chi connectivity index (χ0) is 7.56. The third-order valence-electron chi connectivity index (χ3n) is 1.15. The van der Waals surface area contributed by atoms with Crippen molar-refractivity contribution in [3.05, 3.63) is 0 Å². The van der Waals surface area contributed by atoms with E-state index in [1.54, 1.807) is 0 Å². The Morgan fingerprint density at radius 3 is 2.70 bits per heavy atom. The Morgan fingerprint density at radius 1 is 1.60 bits per heavy atom. The lowest BCUT2D eigenvalue weighted by Gasteiger charge is -2.06. The molecule has 1 saturated heterocycles. The number of alkyl halides is 1. The molecule has 10 heavy (non-hydrogen) atoms. The lowest BCUT2D eigenvalue weighted by Crippen LogP contribution is -2.30. The summed E-state index contributed by atoms with van der Waals surface area (Å²) in [6, 6.07) is 0. The van der Waals surface area contributed by atoms with Crippen LogP contribution in [0.25, 0.3) is 0 Å². The summed E-state index contributed by atoms with van der Waals surface area (Å²) < 4.78 is 5.21. The zero-order valence-electron chi connectivity index (χ0n) is 5.17. The van der Waals surface area contributed by atoms with Crippen LogP contribution in [0.4, 0.5) is 4.79 Å². The van der Waals surface area contributed by atoms with Gasteiger partial charge in [0.2, 0.25) is 0 Å². The van der Waals surface area contributed by atoms with Gasteiger partial charge in [-0.1, -0.05) is 22.6 Å². The highest BCUT2D eigenvalue weighted by Gasteiger charge is 2.29. The normalized spacial score (nSPS) is 17.9. The van der Waals surface area contributed by atoms with Gasteiger partial charge in [0, 0.05) is 11.0 Å². The molecule has 0 aromatic rings. The molecule has 0 aromatic carbocycles. The molecule has 1 rings (SSSR count). The molecule has 1 heterocycles. The third kappa shape index (κ3) is 1.39. The van der Waals surface area contributed by atoms with Gasteiger partial charge >= 0.3 is 6.09 Å². The predicted molar refractivity (Wildman–Crippen MR) is 41.9 cm³/mol. The molecule has 1 aliphatic heterocycles. The summed E-state index contributed by atoms with van der Waals surface area (Å²) in [4.78, 5) is 22.5. The maximum Gasteiger partial charge on any atom is 0.417 e. The summed E-state index contributed by atoms with van der Waals surface area (Å²) >= 11 is 2.10. The van der Waals surface area contributed by atoms with E-state index in [1.807, 2.05) is 0 Å². The Labute approximate surface area is 71.7 Å². The maximum atomic E-state index is 10.8. The number of rotatable bonds is 2. The van der Waals surface area contributed by atoms with Gasteiger partial charge in [-0.05, 0) is 0 Å². The van der Waals surface area contributed by atoms with Gasteiger partial charge in [-0.2, -0.15) is 0 Å². The van der Waals surface area contributed by atoms with Gasteiger partial charge in [-0.25, -0.2) is 9.69 Å². The van der Waals surface area contributed by atoms with E-state index in [1.165, 1.54) is 0 Å². The average Bonchev–Trinajstić information content (AvgIpc) is 2.20. The number of amides is 2. The second-order valence-electron chi connectivity index (χ2n) is 1.79. The number of carbonyl (C=O) groups is 2. The molecule has 56 valence electrons. The fraction of sp³-hybridized carbons (Fsp3) is 0.600. The summed E-state index contributed by atoms with van der Waals surface area (Å²) in [7, 11) is 0. The highest BCUT2D eigenvalue weighted by molar-refractivity contribution is 14.1. The van der Waals surface area contributed by atoms with Gasteiger partial charge in [0.25, 0.3) is 5.91 Å². The van der Waals surface area contributed by atoms with E-state index in [9.17, 15) is 9.59 Å². The van der Waals surface area contributed by atoms with E-state index in [-0.39, 0.29) is 12.5 Å². The number of hydrogen-bond acceptors (Lipinski definition) is 3. The summed E-state index contributed by atoms with van der Waals surface area (Å²) in [6.07, 6.45) is -0.512. The first-order valence-electron chi connectivity index (χ1n) is 2.79. The molecule has 2 amide bonds.